The molecule has 1 aromatic heterocycles. The first-order chi connectivity index (χ1) is 12.1. The first kappa shape index (κ1) is 17.3. The summed E-state index contributed by atoms with van der Waals surface area (Å²) in [5.74, 6) is 1.25. The summed E-state index contributed by atoms with van der Waals surface area (Å²) in [6, 6.07) is 20.1. The number of amides is 1. The van der Waals surface area contributed by atoms with E-state index in [0.29, 0.717) is 5.75 Å². The minimum absolute atomic E-state index is 0.000238. The second kappa shape index (κ2) is 8.03. The van der Waals surface area contributed by atoms with E-state index in [1.807, 2.05) is 67.1 Å². The van der Waals surface area contributed by atoms with Gasteiger partial charge in [-0.05, 0) is 31.5 Å². The van der Waals surface area contributed by atoms with Gasteiger partial charge in [0.15, 0.2) is 0 Å². The summed E-state index contributed by atoms with van der Waals surface area (Å²) < 4.78 is 1.86. The fourth-order valence-electron chi connectivity index (χ4n) is 2.66. The number of carbonyl (C=O) groups is 1. The minimum atomic E-state index is -0.000238. The van der Waals surface area contributed by atoms with E-state index in [2.05, 4.69) is 22.5 Å². The summed E-state index contributed by atoms with van der Waals surface area (Å²) in [6.07, 6.45) is 0. The largest absolute Gasteiger partial charge is 0.322 e. The van der Waals surface area contributed by atoms with Crippen LogP contribution in [-0.4, -0.2) is 21.4 Å². The summed E-state index contributed by atoms with van der Waals surface area (Å²) in [7, 11) is 0. The van der Waals surface area contributed by atoms with Crippen LogP contribution in [0.2, 0.25) is 0 Å². The van der Waals surface area contributed by atoms with Crippen molar-refractivity contribution in [1.82, 2.24) is 9.78 Å². The van der Waals surface area contributed by atoms with Crippen molar-refractivity contribution in [3.63, 3.8) is 0 Å². The Bertz CT molecular complexity index is 844. The lowest BCUT2D eigenvalue weighted by molar-refractivity contribution is -0.113. The Labute approximate surface area is 152 Å². The van der Waals surface area contributed by atoms with Gasteiger partial charge in [0.1, 0.15) is 0 Å². The Balaban J connectivity index is 1.63. The predicted octanol–water partition coefficient (Wildman–Crippen LogP) is 4.36. The molecule has 0 saturated heterocycles. The van der Waals surface area contributed by atoms with Crippen molar-refractivity contribution in [3.8, 4) is 5.69 Å². The number of rotatable bonds is 6. The average Bonchev–Trinajstić information content (AvgIpc) is 2.91. The smallest absolute Gasteiger partial charge is 0.234 e. The summed E-state index contributed by atoms with van der Waals surface area (Å²) in [4.78, 5) is 12.3. The Morgan fingerprint density at radius 2 is 1.68 bits per heavy atom. The van der Waals surface area contributed by atoms with Crippen LogP contribution in [0.25, 0.3) is 5.69 Å². The maximum atomic E-state index is 12.3. The summed E-state index contributed by atoms with van der Waals surface area (Å²) in [6.45, 7) is 3.89. The van der Waals surface area contributed by atoms with Crippen LogP contribution in [-0.2, 0) is 10.5 Å². The van der Waals surface area contributed by atoms with Crippen molar-refractivity contribution in [3.05, 3.63) is 77.6 Å². The zero-order valence-electron chi connectivity index (χ0n) is 14.4. The molecular weight excluding hydrogens is 330 g/mol. The van der Waals surface area contributed by atoms with Gasteiger partial charge in [0.25, 0.3) is 0 Å². The fraction of sp³-hybridized carbons (Fsp3) is 0.200. The molecule has 0 atom stereocenters. The van der Waals surface area contributed by atoms with Crippen LogP contribution in [0.15, 0.2) is 60.7 Å². The van der Waals surface area contributed by atoms with E-state index < -0.39 is 0 Å². The molecule has 5 heteroatoms. The number of hydrogen-bond acceptors (Lipinski definition) is 3. The van der Waals surface area contributed by atoms with Crippen molar-refractivity contribution in [2.24, 2.45) is 0 Å². The molecular formula is C20H21N3OS. The van der Waals surface area contributed by atoms with Crippen molar-refractivity contribution >= 4 is 23.4 Å². The third-order valence-corrected chi connectivity index (χ3v) is 4.90. The molecule has 3 rings (SSSR count). The van der Waals surface area contributed by atoms with Gasteiger partial charge < -0.3 is 5.32 Å². The molecule has 0 fully saturated rings. The molecule has 1 amide bonds. The molecule has 0 aliphatic heterocycles. The van der Waals surface area contributed by atoms with Crippen LogP contribution in [0.1, 0.15) is 17.0 Å². The molecule has 0 unspecified atom stereocenters. The van der Waals surface area contributed by atoms with Gasteiger partial charge in [0.2, 0.25) is 5.91 Å². The molecule has 25 heavy (non-hydrogen) atoms. The minimum Gasteiger partial charge on any atom is -0.322 e. The molecule has 0 radical (unpaired) electrons. The van der Waals surface area contributed by atoms with E-state index in [1.54, 1.807) is 11.8 Å². The zero-order valence-corrected chi connectivity index (χ0v) is 15.2. The number of aromatic nitrogens is 2. The third kappa shape index (κ3) is 4.31. The highest BCUT2D eigenvalue weighted by Crippen LogP contribution is 2.23. The van der Waals surface area contributed by atoms with Gasteiger partial charge in [-0.2, -0.15) is 5.10 Å². The Kier molecular flexibility index (Phi) is 5.56. The Hall–Kier alpha value is -2.53. The highest BCUT2D eigenvalue weighted by molar-refractivity contribution is 7.99. The van der Waals surface area contributed by atoms with Crippen molar-refractivity contribution in [2.45, 2.75) is 19.6 Å². The van der Waals surface area contributed by atoms with Crippen molar-refractivity contribution < 1.29 is 4.79 Å². The van der Waals surface area contributed by atoms with Crippen LogP contribution in [0.5, 0.6) is 0 Å². The number of para-hydroxylation sites is 1. The zero-order chi connectivity index (χ0) is 17.6. The lowest BCUT2D eigenvalue weighted by Crippen LogP contribution is -2.15. The SMILES string of the molecule is Cc1nn(-c2ccccc2)c(C)c1NC(=O)CSCc1ccccc1. The molecule has 2 aromatic carbocycles. The molecule has 0 bridgehead atoms. The monoisotopic (exact) mass is 351 g/mol. The number of carbonyl (C=O) groups excluding carboxylic acids is 1. The fourth-order valence-corrected chi connectivity index (χ4v) is 3.44. The van der Waals surface area contributed by atoms with Crippen LogP contribution < -0.4 is 5.32 Å². The average molecular weight is 351 g/mol. The predicted molar refractivity (Wildman–Crippen MR) is 104 cm³/mol. The van der Waals surface area contributed by atoms with Gasteiger partial charge >= 0.3 is 0 Å². The highest BCUT2D eigenvalue weighted by atomic mass is 32.2. The van der Waals surface area contributed by atoms with E-state index in [0.717, 1.165) is 28.5 Å². The summed E-state index contributed by atoms with van der Waals surface area (Å²) in [5.41, 5.74) is 4.77. The van der Waals surface area contributed by atoms with E-state index in [4.69, 9.17) is 0 Å². The van der Waals surface area contributed by atoms with Crippen LogP contribution in [0.4, 0.5) is 5.69 Å². The summed E-state index contributed by atoms with van der Waals surface area (Å²) >= 11 is 1.61. The number of nitrogens with one attached hydrogen (secondary N) is 1. The first-order valence-corrected chi connectivity index (χ1v) is 9.34. The lowest BCUT2D eigenvalue weighted by Gasteiger charge is -2.07. The first-order valence-electron chi connectivity index (χ1n) is 8.18. The van der Waals surface area contributed by atoms with Gasteiger partial charge in [-0.15, -0.1) is 11.8 Å². The number of anilines is 1. The molecule has 3 aromatic rings. The second-order valence-electron chi connectivity index (χ2n) is 5.82. The molecule has 0 aliphatic rings. The molecule has 4 nitrogen and oxygen atoms in total. The number of hydrogen-bond donors (Lipinski definition) is 1. The van der Waals surface area contributed by atoms with E-state index in [1.165, 1.54) is 5.56 Å². The van der Waals surface area contributed by atoms with Crippen LogP contribution in [0.3, 0.4) is 0 Å². The topological polar surface area (TPSA) is 46.9 Å². The van der Waals surface area contributed by atoms with Gasteiger partial charge in [-0.3, -0.25) is 4.79 Å². The van der Waals surface area contributed by atoms with E-state index in [-0.39, 0.29) is 5.91 Å². The Morgan fingerprint density at radius 3 is 2.36 bits per heavy atom. The van der Waals surface area contributed by atoms with Gasteiger partial charge in [0, 0.05) is 5.75 Å². The van der Waals surface area contributed by atoms with Crippen LogP contribution in [0, 0.1) is 13.8 Å². The normalized spacial score (nSPS) is 10.6. The van der Waals surface area contributed by atoms with Crippen molar-refractivity contribution in [2.75, 3.05) is 11.1 Å². The van der Waals surface area contributed by atoms with Crippen molar-refractivity contribution in [1.29, 1.82) is 0 Å². The van der Waals surface area contributed by atoms with Gasteiger partial charge in [-0.1, -0.05) is 48.5 Å². The molecule has 128 valence electrons. The maximum absolute atomic E-state index is 12.3. The number of benzene rings is 2. The lowest BCUT2D eigenvalue weighted by atomic mass is 10.2. The standard InChI is InChI=1S/C20H21N3OS/c1-15-20(16(2)23(22-15)18-11-7-4-8-12-18)21-19(24)14-25-13-17-9-5-3-6-10-17/h3-12H,13-14H2,1-2H3,(H,21,24). The number of aryl methyl sites for hydroxylation is 1. The molecule has 1 heterocycles. The quantitative estimate of drug-likeness (QED) is 0.718. The van der Waals surface area contributed by atoms with Gasteiger partial charge in [-0.25, -0.2) is 4.68 Å². The van der Waals surface area contributed by atoms with E-state index in [9.17, 15) is 4.79 Å². The Morgan fingerprint density at radius 1 is 1.04 bits per heavy atom. The molecule has 0 saturated carbocycles. The third-order valence-electron chi connectivity index (χ3n) is 3.90. The maximum Gasteiger partial charge on any atom is 0.234 e. The van der Waals surface area contributed by atoms with E-state index >= 15 is 0 Å². The number of nitrogens with zero attached hydrogens (tertiary/aromatic N) is 2. The second-order valence-corrected chi connectivity index (χ2v) is 6.81. The summed E-state index contributed by atoms with van der Waals surface area (Å²) in [5, 5.41) is 7.57. The molecule has 0 spiro atoms. The number of thioether (sulfide) groups is 1. The highest BCUT2D eigenvalue weighted by Gasteiger charge is 2.15. The molecule has 1 N–H and O–H groups in total. The van der Waals surface area contributed by atoms with Crippen LogP contribution >= 0.6 is 11.8 Å². The van der Waals surface area contributed by atoms with Gasteiger partial charge in [0.05, 0.1) is 28.5 Å². The molecule has 0 aliphatic carbocycles.